The van der Waals surface area contributed by atoms with Gasteiger partial charge in [0.25, 0.3) is 0 Å². The second-order valence-corrected chi connectivity index (χ2v) is 5.94. The van der Waals surface area contributed by atoms with Gasteiger partial charge in [0.15, 0.2) is 5.82 Å². The van der Waals surface area contributed by atoms with Crippen LogP contribution in [0.4, 0.5) is 19.0 Å². The van der Waals surface area contributed by atoms with Gasteiger partial charge in [-0.1, -0.05) is 18.2 Å². The van der Waals surface area contributed by atoms with E-state index in [4.69, 9.17) is 0 Å². The van der Waals surface area contributed by atoms with E-state index in [-0.39, 0.29) is 6.10 Å². The zero-order valence-corrected chi connectivity index (χ0v) is 13.4. The Balaban J connectivity index is 1.70. The second kappa shape index (κ2) is 7.23. The lowest BCUT2D eigenvalue weighted by atomic mass is 10.1. The van der Waals surface area contributed by atoms with Crippen LogP contribution in [0.3, 0.4) is 0 Å². The molecule has 0 radical (unpaired) electrons. The van der Waals surface area contributed by atoms with Gasteiger partial charge in [0.2, 0.25) is 0 Å². The summed E-state index contributed by atoms with van der Waals surface area (Å²) in [6, 6.07) is 6.74. The van der Waals surface area contributed by atoms with E-state index >= 15 is 0 Å². The van der Waals surface area contributed by atoms with Gasteiger partial charge in [0.1, 0.15) is 5.82 Å². The average molecular weight is 349 g/mol. The summed E-state index contributed by atoms with van der Waals surface area (Å²) in [6.45, 7) is 1.47. The third kappa shape index (κ3) is 4.57. The van der Waals surface area contributed by atoms with Crippen LogP contribution in [-0.4, -0.2) is 34.3 Å². The maximum atomic E-state index is 12.6. The van der Waals surface area contributed by atoms with Gasteiger partial charge in [-0.15, -0.1) is 0 Å². The van der Waals surface area contributed by atoms with E-state index in [1.54, 1.807) is 18.3 Å². The van der Waals surface area contributed by atoms with Crippen LogP contribution in [0.1, 0.15) is 29.8 Å². The summed E-state index contributed by atoms with van der Waals surface area (Å²) in [5.74, 6) is 1.28. The molecular weight excluding hydrogens is 331 g/mol. The van der Waals surface area contributed by atoms with Crippen LogP contribution in [-0.2, 0) is 6.18 Å². The fraction of sp³-hybridized carbons (Fsp3) is 0.333. The number of hydrogen-bond acceptors (Lipinski definition) is 4. The van der Waals surface area contributed by atoms with Gasteiger partial charge >= 0.3 is 6.18 Å². The van der Waals surface area contributed by atoms with Gasteiger partial charge in [-0.25, -0.2) is 9.97 Å². The topological polar surface area (TPSA) is 49.2 Å². The molecule has 2 aromatic rings. The number of anilines is 1. The summed E-state index contributed by atoms with van der Waals surface area (Å²) in [6.07, 6.45) is 1.84. The first-order chi connectivity index (χ1) is 11.9. The number of benzene rings is 1. The van der Waals surface area contributed by atoms with Crippen LogP contribution in [0, 0.1) is 0 Å². The zero-order valence-electron chi connectivity index (χ0n) is 13.4. The molecule has 1 aliphatic rings. The van der Waals surface area contributed by atoms with Crippen molar-refractivity contribution in [3.63, 3.8) is 0 Å². The van der Waals surface area contributed by atoms with Crippen LogP contribution in [0.15, 0.2) is 36.5 Å². The largest absolute Gasteiger partial charge is 0.416 e. The molecule has 3 rings (SSSR count). The van der Waals surface area contributed by atoms with E-state index in [0.29, 0.717) is 24.2 Å². The first-order valence-electron chi connectivity index (χ1n) is 8.03. The molecule has 0 saturated carbocycles. The van der Waals surface area contributed by atoms with Gasteiger partial charge in [-0.05, 0) is 42.7 Å². The number of rotatable bonds is 3. The first kappa shape index (κ1) is 17.4. The predicted octanol–water partition coefficient (Wildman–Crippen LogP) is 3.63. The van der Waals surface area contributed by atoms with Gasteiger partial charge in [0.05, 0.1) is 11.7 Å². The number of aliphatic hydroxyl groups is 1. The molecule has 4 nitrogen and oxygen atoms in total. The SMILES string of the molecule is OC1CCN(c2ccnc(/C=C/c3ccc(C(F)(F)F)cc3)n2)CC1. The van der Waals surface area contributed by atoms with E-state index in [2.05, 4.69) is 14.9 Å². The molecule has 1 fully saturated rings. The monoisotopic (exact) mass is 349 g/mol. The van der Waals surface area contributed by atoms with Crippen LogP contribution in [0.2, 0.25) is 0 Å². The molecule has 1 aromatic heterocycles. The Labute approximate surface area is 143 Å². The highest BCUT2D eigenvalue weighted by Gasteiger charge is 2.29. The van der Waals surface area contributed by atoms with E-state index < -0.39 is 11.7 Å². The lowest BCUT2D eigenvalue weighted by Crippen LogP contribution is -2.36. The van der Waals surface area contributed by atoms with Crippen molar-refractivity contribution in [3.8, 4) is 0 Å². The van der Waals surface area contributed by atoms with Crippen LogP contribution < -0.4 is 4.90 Å². The fourth-order valence-corrected chi connectivity index (χ4v) is 2.67. The van der Waals surface area contributed by atoms with Gasteiger partial charge in [-0.2, -0.15) is 13.2 Å². The summed E-state index contributed by atoms with van der Waals surface area (Å²) in [7, 11) is 0. The van der Waals surface area contributed by atoms with E-state index in [1.807, 2.05) is 6.07 Å². The maximum Gasteiger partial charge on any atom is 0.416 e. The number of aromatic nitrogens is 2. The third-order valence-electron chi connectivity index (χ3n) is 4.11. The Kier molecular flexibility index (Phi) is 5.03. The highest BCUT2D eigenvalue weighted by atomic mass is 19.4. The summed E-state index contributed by atoms with van der Waals surface area (Å²) in [4.78, 5) is 10.7. The lowest BCUT2D eigenvalue weighted by Gasteiger charge is -2.30. The highest BCUT2D eigenvalue weighted by molar-refractivity contribution is 5.67. The molecule has 1 N–H and O–H groups in total. The Morgan fingerprint density at radius 3 is 2.36 bits per heavy atom. The summed E-state index contributed by atoms with van der Waals surface area (Å²) < 4.78 is 37.7. The minimum absolute atomic E-state index is 0.253. The Morgan fingerprint density at radius 2 is 1.72 bits per heavy atom. The van der Waals surface area contributed by atoms with Crippen LogP contribution in [0.5, 0.6) is 0 Å². The van der Waals surface area contributed by atoms with Crippen molar-refractivity contribution >= 4 is 18.0 Å². The number of alkyl halides is 3. The molecule has 0 unspecified atom stereocenters. The lowest BCUT2D eigenvalue weighted by molar-refractivity contribution is -0.137. The van der Waals surface area contributed by atoms with Gasteiger partial charge in [0, 0.05) is 19.3 Å². The molecule has 0 aliphatic carbocycles. The predicted molar refractivity (Wildman–Crippen MR) is 89.9 cm³/mol. The number of piperidine rings is 1. The molecule has 1 saturated heterocycles. The molecule has 0 spiro atoms. The van der Waals surface area contributed by atoms with Crippen molar-refractivity contribution < 1.29 is 18.3 Å². The molecule has 2 heterocycles. The molecule has 1 aromatic carbocycles. The van der Waals surface area contributed by atoms with Crippen molar-refractivity contribution in [1.29, 1.82) is 0 Å². The van der Waals surface area contributed by atoms with Crippen molar-refractivity contribution in [3.05, 3.63) is 53.5 Å². The van der Waals surface area contributed by atoms with Crippen molar-refractivity contribution in [2.24, 2.45) is 0 Å². The Bertz CT molecular complexity index is 736. The van der Waals surface area contributed by atoms with E-state index in [1.165, 1.54) is 12.1 Å². The van der Waals surface area contributed by atoms with Crippen LogP contribution >= 0.6 is 0 Å². The molecule has 1 aliphatic heterocycles. The first-order valence-corrected chi connectivity index (χ1v) is 8.03. The molecule has 0 amide bonds. The van der Waals surface area contributed by atoms with Crippen molar-refractivity contribution in [2.45, 2.75) is 25.1 Å². The zero-order chi connectivity index (χ0) is 17.9. The summed E-state index contributed by atoms with van der Waals surface area (Å²) in [5.41, 5.74) is -0.0294. The molecule has 25 heavy (non-hydrogen) atoms. The standard InChI is InChI=1S/C18H18F3N3O/c19-18(20,21)14-4-1-13(2-5-14)3-6-16-22-10-7-17(23-16)24-11-8-15(25)9-12-24/h1-7,10,15,25H,8-9,11-12H2/b6-3+. The average Bonchev–Trinajstić information content (AvgIpc) is 2.60. The van der Waals surface area contributed by atoms with E-state index in [0.717, 1.165) is 31.0 Å². The summed E-state index contributed by atoms with van der Waals surface area (Å²) >= 11 is 0. The second-order valence-electron chi connectivity index (χ2n) is 5.94. The fourth-order valence-electron chi connectivity index (χ4n) is 2.67. The smallest absolute Gasteiger partial charge is 0.393 e. The molecule has 132 valence electrons. The summed E-state index contributed by atoms with van der Waals surface area (Å²) in [5, 5.41) is 9.57. The molecular formula is C18H18F3N3O. The number of halogens is 3. The normalized spacial score (nSPS) is 16.6. The minimum Gasteiger partial charge on any atom is -0.393 e. The van der Waals surface area contributed by atoms with Crippen LogP contribution in [0.25, 0.3) is 12.2 Å². The number of aliphatic hydroxyl groups excluding tert-OH is 1. The van der Waals surface area contributed by atoms with E-state index in [9.17, 15) is 18.3 Å². The molecule has 7 heteroatoms. The highest BCUT2D eigenvalue weighted by Crippen LogP contribution is 2.29. The van der Waals surface area contributed by atoms with Crippen molar-refractivity contribution in [2.75, 3.05) is 18.0 Å². The molecule has 0 atom stereocenters. The Hall–Kier alpha value is -2.41. The maximum absolute atomic E-state index is 12.6. The Morgan fingerprint density at radius 1 is 1.04 bits per heavy atom. The van der Waals surface area contributed by atoms with Gasteiger partial charge in [-0.3, -0.25) is 0 Å². The quantitative estimate of drug-likeness (QED) is 0.919. The minimum atomic E-state index is -4.33. The number of hydrogen-bond donors (Lipinski definition) is 1. The number of nitrogens with zero attached hydrogens (tertiary/aromatic N) is 3. The molecule has 0 bridgehead atoms. The third-order valence-corrected chi connectivity index (χ3v) is 4.11. The van der Waals surface area contributed by atoms with Crippen molar-refractivity contribution in [1.82, 2.24) is 9.97 Å². The van der Waals surface area contributed by atoms with Gasteiger partial charge < -0.3 is 10.0 Å².